The number of aryl methyl sites for hydroxylation is 1. The van der Waals surface area contributed by atoms with Gasteiger partial charge in [-0.15, -0.1) is 0 Å². The van der Waals surface area contributed by atoms with E-state index in [1.54, 1.807) is 0 Å². The highest BCUT2D eigenvalue weighted by Crippen LogP contribution is 2.20. The Balaban J connectivity index is 2.25. The smallest absolute Gasteiger partial charge is 0.340 e. The second-order valence-electron chi connectivity index (χ2n) is 4.90. The molecule has 1 N–H and O–H groups in total. The van der Waals surface area contributed by atoms with Gasteiger partial charge in [-0.05, 0) is 37.3 Å². The number of carbonyl (C=O) groups is 2. The van der Waals surface area contributed by atoms with E-state index in [4.69, 9.17) is 0 Å². The van der Waals surface area contributed by atoms with Crippen molar-refractivity contribution in [3.8, 4) is 0 Å². The van der Waals surface area contributed by atoms with Crippen molar-refractivity contribution in [3.05, 3.63) is 69.0 Å². The molecule has 0 heterocycles. The number of nitro groups is 1. The minimum atomic E-state index is -0.866. The summed E-state index contributed by atoms with van der Waals surface area (Å²) in [6.07, 6.45) is 0. The van der Waals surface area contributed by atoms with Gasteiger partial charge in [0.25, 0.3) is 11.6 Å². The number of esters is 1. The normalized spacial score (nSPS) is 10.1. The molecule has 2 aromatic rings. The fourth-order valence-electron chi connectivity index (χ4n) is 2.07. The molecule has 0 saturated carbocycles. The number of nitro benzene ring substituents is 1. The van der Waals surface area contributed by atoms with Crippen LogP contribution in [0, 0.1) is 22.9 Å². The summed E-state index contributed by atoms with van der Waals surface area (Å²) in [7, 11) is 1.12. The molecule has 24 heavy (non-hydrogen) atoms. The summed E-state index contributed by atoms with van der Waals surface area (Å²) in [5.74, 6) is -2.18. The van der Waals surface area contributed by atoms with Crippen molar-refractivity contribution < 1.29 is 23.6 Å². The van der Waals surface area contributed by atoms with E-state index >= 15 is 0 Å². The molecule has 0 aliphatic heterocycles. The number of nitrogens with one attached hydrogen (secondary N) is 1. The van der Waals surface area contributed by atoms with Crippen molar-refractivity contribution in [2.75, 3.05) is 12.4 Å². The Bertz CT molecular complexity index is 835. The minimum Gasteiger partial charge on any atom is -0.465 e. The molecule has 7 nitrogen and oxygen atoms in total. The summed E-state index contributed by atoms with van der Waals surface area (Å²) in [6.45, 7) is 1.52. The van der Waals surface area contributed by atoms with Crippen molar-refractivity contribution in [2.45, 2.75) is 6.92 Å². The number of hydrogen-bond donors (Lipinski definition) is 1. The molecular weight excluding hydrogens is 319 g/mol. The van der Waals surface area contributed by atoms with Gasteiger partial charge in [0.05, 0.1) is 17.6 Å². The Morgan fingerprint density at radius 2 is 1.92 bits per heavy atom. The Hall–Kier alpha value is -3.29. The van der Waals surface area contributed by atoms with Crippen LogP contribution in [0.5, 0.6) is 0 Å². The highest BCUT2D eigenvalue weighted by molar-refractivity contribution is 6.05. The van der Waals surface area contributed by atoms with Crippen LogP contribution >= 0.6 is 0 Å². The number of ether oxygens (including phenoxy) is 1. The van der Waals surface area contributed by atoms with Crippen LogP contribution in [-0.2, 0) is 4.74 Å². The summed E-state index contributed by atoms with van der Waals surface area (Å²) in [4.78, 5) is 33.9. The Kier molecular flexibility index (Phi) is 4.88. The van der Waals surface area contributed by atoms with Gasteiger partial charge in [0.2, 0.25) is 0 Å². The van der Waals surface area contributed by atoms with E-state index < -0.39 is 22.6 Å². The number of nitrogens with zero attached hydrogens (tertiary/aromatic N) is 1. The number of rotatable bonds is 4. The monoisotopic (exact) mass is 332 g/mol. The standard InChI is InChI=1S/C16H13FN2O5/c1-9-7-10(3-6-14(9)19(22)23)15(20)18-11-4-5-13(17)12(8-11)16(21)24-2/h3-8H,1-2H3,(H,18,20). The summed E-state index contributed by atoms with van der Waals surface area (Å²) in [5, 5.41) is 13.3. The topological polar surface area (TPSA) is 98.5 Å². The van der Waals surface area contributed by atoms with Crippen LogP contribution in [0.25, 0.3) is 0 Å². The predicted octanol–water partition coefficient (Wildman–Crippen LogP) is 3.08. The SMILES string of the molecule is COC(=O)c1cc(NC(=O)c2ccc([N+](=O)[O-])c(C)c2)ccc1F. The van der Waals surface area contributed by atoms with Crippen molar-refractivity contribution in [1.82, 2.24) is 0 Å². The van der Waals surface area contributed by atoms with E-state index in [1.807, 2.05) is 0 Å². The maximum absolute atomic E-state index is 13.6. The highest BCUT2D eigenvalue weighted by atomic mass is 19.1. The van der Waals surface area contributed by atoms with Crippen molar-refractivity contribution in [2.24, 2.45) is 0 Å². The third-order valence-electron chi connectivity index (χ3n) is 3.29. The highest BCUT2D eigenvalue weighted by Gasteiger charge is 2.16. The molecule has 0 aliphatic rings. The number of anilines is 1. The van der Waals surface area contributed by atoms with Crippen LogP contribution in [0.2, 0.25) is 0 Å². The molecule has 0 saturated heterocycles. The zero-order valence-electron chi connectivity index (χ0n) is 12.8. The van der Waals surface area contributed by atoms with E-state index in [0.29, 0.717) is 5.56 Å². The average molecular weight is 332 g/mol. The van der Waals surface area contributed by atoms with Crippen LogP contribution in [0.3, 0.4) is 0 Å². The van der Waals surface area contributed by atoms with Gasteiger partial charge in [0.15, 0.2) is 0 Å². The molecule has 0 atom stereocenters. The Morgan fingerprint density at radius 1 is 1.21 bits per heavy atom. The average Bonchev–Trinajstić information content (AvgIpc) is 2.55. The van der Waals surface area contributed by atoms with Gasteiger partial charge in [-0.25, -0.2) is 9.18 Å². The van der Waals surface area contributed by atoms with Crippen LogP contribution in [0.4, 0.5) is 15.8 Å². The molecule has 0 unspecified atom stereocenters. The minimum absolute atomic E-state index is 0.0960. The summed E-state index contributed by atoms with van der Waals surface area (Å²) in [5.41, 5.74) is 0.318. The fourth-order valence-corrected chi connectivity index (χ4v) is 2.07. The molecule has 0 fully saturated rings. The Morgan fingerprint density at radius 3 is 2.50 bits per heavy atom. The van der Waals surface area contributed by atoms with E-state index in [2.05, 4.69) is 10.1 Å². The summed E-state index contributed by atoms with van der Waals surface area (Å²) >= 11 is 0. The van der Waals surface area contributed by atoms with E-state index in [0.717, 1.165) is 19.2 Å². The van der Waals surface area contributed by atoms with Gasteiger partial charge in [-0.1, -0.05) is 0 Å². The first kappa shape index (κ1) is 17.1. The lowest BCUT2D eigenvalue weighted by Gasteiger charge is -2.08. The van der Waals surface area contributed by atoms with Crippen LogP contribution < -0.4 is 5.32 Å². The maximum Gasteiger partial charge on any atom is 0.340 e. The van der Waals surface area contributed by atoms with E-state index in [9.17, 15) is 24.1 Å². The predicted molar refractivity (Wildman–Crippen MR) is 83.5 cm³/mol. The lowest BCUT2D eigenvalue weighted by Crippen LogP contribution is -2.13. The van der Waals surface area contributed by atoms with E-state index in [-0.39, 0.29) is 22.5 Å². The lowest BCUT2D eigenvalue weighted by atomic mass is 10.1. The maximum atomic E-state index is 13.6. The number of methoxy groups -OCH3 is 1. The number of hydrogen-bond acceptors (Lipinski definition) is 5. The Labute approximate surface area is 136 Å². The number of amides is 1. The van der Waals surface area contributed by atoms with Crippen molar-refractivity contribution >= 4 is 23.3 Å². The molecule has 0 bridgehead atoms. The molecule has 124 valence electrons. The first-order valence-electron chi connectivity index (χ1n) is 6.77. The molecule has 2 rings (SSSR count). The molecule has 0 aromatic heterocycles. The zero-order chi connectivity index (χ0) is 17.9. The van der Waals surface area contributed by atoms with Gasteiger partial charge >= 0.3 is 5.97 Å². The van der Waals surface area contributed by atoms with Gasteiger partial charge in [-0.2, -0.15) is 0 Å². The fraction of sp³-hybridized carbons (Fsp3) is 0.125. The second-order valence-corrected chi connectivity index (χ2v) is 4.90. The summed E-state index contributed by atoms with van der Waals surface area (Å²) in [6, 6.07) is 7.39. The van der Waals surface area contributed by atoms with Gasteiger partial charge < -0.3 is 10.1 Å². The third kappa shape index (κ3) is 3.54. The van der Waals surface area contributed by atoms with Crippen LogP contribution in [0.1, 0.15) is 26.3 Å². The summed E-state index contributed by atoms with van der Waals surface area (Å²) < 4.78 is 18.0. The lowest BCUT2D eigenvalue weighted by molar-refractivity contribution is -0.385. The molecule has 0 aliphatic carbocycles. The van der Waals surface area contributed by atoms with E-state index in [1.165, 1.54) is 31.2 Å². The van der Waals surface area contributed by atoms with Gasteiger partial charge in [-0.3, -0.25) is 14.9 Å². The van der Waals surface area contributed by atoms with Crippen LogP contribution in [-0.4, -0.2) is 23.9 Å². The van der Waals surface area contributed by atoms with Crippen LogP contribution in [0.15, 0.2) is 36.4 Å². The quantitative estimate of drug-likeness (QED) is 0.527. The zero-order valence-corrected chi connectivity index (χ0v) is 12.8. The molecule has 0 radical (unpaired) electrons. The third-order valence-corrected chi connectivity index (χ3v) is 3.29. The number of carbonyl (C=O) groups excluding carboxylic acids is 2. The van der Waals surface area contributed by atoms with Gasteiger partial charge in [0, 0.05) is 22.9 Å². The molecule has 8 heteroatoms. The van der Waals surface area contributed by atoms with Gasteiger partial charge in [0.1, 0.15) is 5.82 Å². The first-order valence-corrected chi connectivity index (χ1v) is 6.77. The second kappa shape index (κ2) is 6.86. The molecule has 1 amide bonds. The largest absolute Gasteiger partial charge is 0.465 e. The first-order chi connectivity index (χ1) is 11.3. The van der Waals surface area contributed by atoms with Crippen molar-refractivity contribution in [3.63, 3.8) is 0 Å². The number of halogens is 1. The van der Waals surface area contributed by atoms with Crippen molar-refractivity contribution in [1.29, 1.82) is 0 Å². The number of benzene rings is 2. The molecular formula is C16H13FN2O5. The molecule has 2 aromatic carbocycles. The molecule has 0 spiro atoms.